The molecule has 0 saturated carbocycles. The zero-order chi connectivity index (χ0) is 40.3. The van der Waals surface area contributed by atoms with Gasteiger partial charge in [-0.3, -0.25) is 0 Å². The Labute approximate surface area is 388 Å². The molecular formula is C58H36N2SU. The minimum atomic E-state index is 0. The molecule has 0 unspecified atom stereocenters. The average Bonchev–Trinajstić information content (AvgIpc) is 3.88. The van der Waals surface area contributed by atoms with E-state index in [0.717, 1.165) is 50.3 Å². The Balaban J connectivity index is 0.00000432. The molecule has 4 heteroatoms. The van der Waals surface area contributed by atoms with Crippen LogP contribution >= 0.6 is 11.3 Å². The molecule has 0 spiro atoms. The molecule has 2 heterocycles. The molecule has 0 radical (unpaired) electrons. The minimum absolute atomic E-state index is 0. The van der Waals surface area contributed by atoms with E-state index in [4.69, 9.17) is 0 Å². The largest absolute Gasteiger partial charge is 2.00 e. The Hall–Kier alpha value is -6.67. The van der Waals surface area contributed by atoms with Gasteiger partial charge in [0, 0.05) is 32.4 Å². The predicted molar refractivity (Wildman–Crippen MR) is 260 cm³/mol. The molecule has 2 aromatic heterocycles. The topological polar surface area (TPSA) is 8.17 Å². The number of rotatable bonds is 7. The van der Waals surface area contributed by atoms with Gasteiger partial charge in [0.25, 0.3) is 0 Å². The Bertz CT molecular complexity index is 3540. The molecule has 0 bridgehead atoms. The van der Waals surface area contributed by atoms with Gasteiger partial charge in [-0.05, 0) is 80.9 Å². The second-order valence-corrected chi connectivity index (χ2v) is 16.6. The Morgan fingerprint density at radius 3 is 1.94 bits per heavy atom. The van der Waals surface area contributed by atoms with Crippen molar-refractivity contribution in [1.82, 2.24) is 4.57 Å². The van der Waals surface area contributed by atoms with E-state index in [1.807, 2.05) is 23.5 Å². The van der Waals surface area contributed by atoms with E-state index in [0.29, 0.717) is 0 Å². The van der Waals surface area contributed by atoms with Gasteiger partial charge in [0.1, 0.15) is 0 Å². The first-order chi connectivity index (χ1) is 30.3. The Morgan fingerprint density at radius 2 is 1.05 bits per heavy atom. The van der Waals surface area contributed by atoms with Crippen molar-refractivity contribution in [3.63, 3.8) is 0 Å². The van der Waals surface area contributed by atoms with Crippen LogP contribution in [0.15, 0.2) is 218 Å². The number of fused-ring (bicyclic) bond motifs is 7. The summed E-state index contributed by atoms with van der Waals surface area (Å²) in [5.41, 5.74) is 13.6. The molecule has 0 atom stereocenters. The van der Waals surface area contributed by atoms with Crippen LogP contribution in [0.25, 0.3) is 91.8 Å². The standard InChI is InChI=1S/C58H36N2S.U/c1-2-18-46-40(14-1)15-12-23-47(46)41-34-36-44(37-35-41)59(56-28-13-24-52-51-22-6-10-29-57(51)61-58(52)56)45-17-11-16-43(38-45)39-30-32-42(33-31-39)48-19-3-7-25-53(48)60-54-26-8-4-20-49(54)50-21-5-9-27-55(50)60;/h1-24,26,28-38H;/q-2;+2. The molecule has 0 N–H and O–H groups in total. The molecule has 0 fully saturated rings. The maximum absolute atomic E-state index is 3.60. The van der Waals surface area contributed by atoms with Crippen LogP contribution in [0, 0.1) is 43.2 Å². The quantitative estimate of drug-likeness (QED) is 0.144. The molecule has 0 aliphatic rings. The van der Waals surface area contributed by atoms with Crippen LogP contribution in [0.5, 0.6) is 0 Å². The summed E-state index contributed by atoms with van der Waals surface area (Å²) in [5.74, 6) is 0. The molecule has 0 aliphatic heterocycles. The summed E-state index contributed by atoms with van der Waals surface area (Å²) in [6, 6.07) is 85.9. The first-order valence-electron chi connectivity index (χ1n) is 20.7. The van der Waals surface area contributed by atoms with Gasteiger partial charge in [0.05, 0.1) is 10.4 Å². The molecule has 288 valence electrons. The summed E-state index contributed by atoms with van der Waals surface area (Å²) in [4.78, 5) is 2.43. The third kappa shape index (κ3) is 6.46. The van der Waals surface area contributed by atoms with E-state index in [9.17, 15) is 0 Å². The van der Waals surface area contributed by atoms with E-state index < -0.39 is 0 Å². The number of benzene rings is 10. The van der Waals surface area contributed by atoms with E-state index in [1.54, 1.807) is 0 Å². The second-order valence-electron chi connectivity index (χ2n) is 15.5. The van der Waals surface area contributed by atoms with Crippen molar-refractivity contribution in [1.29, 1.82) is 0 Å². The maximum Gasteiger partial charge on any atom is 2.00 e. The molecule has 62 heavy (non-hydrogen) atoms. The van der Waals surface area contributed by atoms with Gasteiger partial charge in [0.15, 0.2) is 0 Å². The van der Waals surface area contributed by atoms with Gasteiger partial charge in [-0.1, -0.05) is 156 Å². The number of nitrogens with zero attached hydrogens (tertiary/aromatic N) is 2. The number of thiophene rings is 1. The second kappa shape index (κ2) is 16.0. The van der Waals surface area contributed by atoms with Crippen LogP contribution in [-0.4, -0.2) is 4.57 Å². The molecule has 12 aromatic rings. The molecular weight excluding hydrogens is 995 g/mol. The number of anilines is 3. The van der Waals surface area contributed by atoms with Crippen molar-refractivity contribution in [2.24, 2.45) is 0 Å². The minimum Gasteiger partial charge on any atom is -0.358 e. The smallest absolute Gasteiger partial charge is 0.358 e. The van der Waals surface area contributed by atoms with Gasteiger partial charge >= 0.3 is 31.1 Å². The molecule has 0 amide bonds. The van der Waals surface area contributed by atoms with Crippen LogP contribution in [0.1, 0.15) is 0 Å². The van der Waals surface area contributed by atoms with E-state index in [2.05, 4.69) is 228 Å². The number of hydrogen-bond acceptors (Lipinski definition) is 2. The average molecular weight is 1030 g/mol. The Kier molecular flexibility index (Phi) is 9.86. The van der Waals surface area contributed by atoms with Crippen molar-refractivity contribution in [3.05, 3.63) is 231 Å². The van der Waals surface area contributed by atoms with Crippen molar-refractivity contribution in [3.8, 4) is 39.1 Å². The molecule has 2 nitrogen and oxygen atoms in total. The third-order valence-electron chi connectivity index (χ3n) is 12.0. The zero-order valence-electron chi connectivity index (χ0n) is 33.6. The zero-order valence-corrected chi connectivity index (χ0v) is 38.6. The summed E-state index contributed by atoms with van der Waals surface area (Å²) < 4.78 is 4.87. The summed E-state index contributed by atoms with van der Waals surface area (Å²) in [7, 11) is 0. The number of hydrogen-bond donors (Lipinski definition) is 0. The fraction of sp³-hybridized carbons (Fsp3) is 0. The SMILES string of the molecule is [U+2].[c-]1cccc(-c2ccc(-c3cccc(N(c4ccc(-c5cccc6ccccc56)cc4)c4cccc5c4sc4ccccc45)c3)cc2)c1-n1c2[c-]cccc2c2ccccc21. The van der Waals surface area contributed by atoms with E-state index in [1.165, 1.54) is 58.5 Å². The molecule has 10 aromatic carbocycles. The summed E-state index contributed by atoms with van der Waals surface area (Å²) in [6.07, 6.45) is 0. The van der Waals surface area contributed by atoms with Crippen LogP contribution in [0.4, 0.5) is 17.1 Å². The van der Waals surface area contributed by atoms with Crippen molar-refractivity contribution >= 4 is 81.1 Å². The number of para-hydroxylation sites is 3. The van der Waals surface area contributed by atoms with Gasteiger partial charge in [-0.2, -0.15) is 48.5 Å². The van der Waals surface area contributed by atoms with Crippen molar-refractivity contribution in [2.45, 2.75) is 0 Å². The summed E-state index contributed by atoms with van der Waals surface area (Å²) in [6.45, 7) is 0. The monoisotopic (exact) mass is 1030 g/mol. The summed E-state index contributed by atoms with van der Waals surface area (Å²) in [5, 5.41) is 7.48. The van der Waals surface area contributed by atoms with Crippen LogP contribution in [-0.2, 0) is 0 Å². The molecule has 12 rings (SSSR count). The fourth-order valence-corrected chi connectivity index (χ4v) is 10.4. The summed E-state index contributed by atoms with van der Waals surface area (Å²) >= 11 is 1.86. The van der Waals surface area contributed by atoms with Crippen molar-refractivity contribution < 1.29 is 31.1 Å². The Morgan fingerprint density at radius 1 is 0.419 bits per heavy atom. The van der Waals surface area contributed by atoms with E-state index in [-0.39, 0.29) is 31.1 Å². The first kappa shape index (κ1) is 38.3. The van der Waals surface area contributed by atoms with Gasteiger partial charge in [-0.25, -0.2) is 0 Å². The van der Waals surface area contributed by atoms with Gasteiger partial charge < -0.3 is 9.47 Å². The van der Waals surface area contributed by atoms with Crippen LogP contribution in [0.2, 0.25) is 0 Å². The van der Waals surface area contributed by atoms with Crippen molar-refractivity contribution in [2.75, 3.05) is 4.90 Å². The van der Waals surface area contributed by atoms with Gasteiger partial charge in [0.2, 0.25) is 0 Å². The first-order valence-corrected chi connectivity index (χ1v) is 21.5. The van der Waals surface area contributed by atoms with Gasteiger partial charge in [-0.15, -0.1) is 22.3 Å². The predicted octanol–water partition coefficient (Wildman–Crippen LogP) is 16.4. The molecule has 0 aliphatic carbocycles. The third-order valence-corrected chi connectivity index (χ3v) is 13.2. The van der Waals surface area contributed by atoms with E-state index >= 15 is 0 Å². The van der Waals surface area contributed by atoms with Crippen LogP contribution < -0.4 is 4.90 Å². The number of aromatic nitrogens is 1. The fourth-order valence-electron chi connectivity index (χ4n) is 9.20. The molecule has 0 saturated heterocycles. The van der Waals surface area contributed by atoms with Crippen LogP contribution in [0.3, 0.4) is 0 Å². The maximum atomic E-state index is 3.60. The normalized spacial score (nSPS) is 11.4.